The fourth-order valence-corrected chi connectivity index (χ4v) is 4.78. The van der Waals surface area contributed by atoms with Crippen molar-refractivity contribution >= 4 is 39.9 Å². The van der Waals surface area contributed by atoms with Crippen molar-refractivity contribution in [3.8, 4) is 0 Å². The highest BCUT2D eigenvalue weighted by Gasteiger charge is 2.21. The standard InChI is InChI=1S/C23H23ClN4O2S/c24-18-9-5-4-8-17(18)22(30)25-12-10-21(29)27-23-26-19-11-13-28(15-20(19)31-23)14-16-6-2-1-3-7-16/h1-9H,10-15H2,(H,25,30)(H,26,27,29). The molecule has 0 radical (unpaired) electrons. The molecule has 0 saturated carbocycles. The summed E-state index contributed by atoms with van der Waals surface area (Å²) in [4.78, 5) is 32.6. The van der Waals surface area contributed by atoms with Gasteiger partial charge in [0.05, 0.1) is 16.3 Å². The van der Waals surface area contributed by atoms with Gasteiger partial charge in [-0.1, -0.05) is 54.1 Å². The molecule has 0 aliphatic carbocycles. The van der Waals surface area contributed by atoms with E-state index in [1.165, 1.54) is 21.8 Å². The normalized spacial score (nSPS) is 13.5. The smallest absolute Gasteiger partial charge is 0.252 e. The van der Waals surface area contributed by atoms with Crippen LogP contribution in [-0.2, 0) is 24.3 Å². The molecule has 0 saturated heterocycles. The van der Waals surface area contributed by atoms with E-state index in [1.807, 2.05) is 6.07 Å². The van der Waals surface area contributed by atoms with Crippen molar-refractivity contribution in [1.82, 2.24) is 15.2 Å². The summed E-state index contributed by atoms with van der Waals surface area (Å²) in [7, 11) is 0. The second-order valence-corrected chi connectivity index (χ2v) is 8.86. The minimum Gasteiger partial charge on any atom is -0.351 e. The number of hydrogen-bond acceptors (Lipinski definition) is 5. The third kappa shape index (κ3) is 5.70. The maximum absolute atomic E-state index is 12.3. The van der Waals surface area contributed by atoms with E-state index < -0.39 is 0 Å². The summed E-state index contributed by atoms with van der Waals surface area (Å²) in [6.45, 7) is 2.93. The Balaban J connectivity index is 1.25. The second-order valence-electron chi connectivity index (χ2n) is 7.37. The third-order valence-electron chi connectivity index (χ3n) is 5.06. The molecule has 1 aliphatic rings. The predicted molar refractivity (Wildman–Crippen MR) is 123 cm³/mol. The van der Waals surface area contributed by atoms with E-state index in [9.17, 15) is 9.59 Å². The zero-order chi connectivity index (χ0) is 21.6. The minimum absolute atomic E-state index is 0.167. The molecular formula is C23H23ClN4O2S. The Kier molecular flexibility index (Phi) is 6.96. The fourth-order valence-electron chi connectivity index (χ4n) is 3.49. The number of rotatable bonds is 7. The minimum atomic E-state index is -0.290. The van der Waals surface area contributed by atoms with Gasteiger partial charge in [-0.25, -0.2) is 4.98 Å². The topological polar surface area (TPSA) is 74.3 Å². The zero-order valence-electron chi connectivity index (χ0n) is 16.9. The number of carbonyl (C=O) groups excluding carboxylic acids is 2. The molecule has 0 fully saturated rings. The Morgan fingerprint density at radius 2 is 1.87 bits per heavy atom. The monoisotopic (exact) mass is 454 g/mol. The van der Waals surface area contributed by atoms with E-state index in [0.717, 1.165) is 31.7 Å². The highest BCUT2D eigenvalue weighted by Crippen LogP contribution is 2.29. The summed E-state index contributed by atoms with van der Waals surface area (Å²) in [6.07, 6.45) is 1.04. The van der Waals surface area contributed by atoms with Crippen LogP contribution in [0, 0.1) is 0 Å². The van der Waals surface area contributed by atoms with Gasteiger partial charge >= 0.3 is 0 Å². The maximum atomic E-state index is 12.3. The summed E-state index contributed by atoms with van der Waals surface area (Å²) in [6, 6.07) is 17.2. The second kappa shape index (κ2) is 10.0. The van der Waals surface area contributed by atoms with Crippen LogP contribution < -0.4 is 10.6 Å². The van der Waals surface area contributed by atoms with E-state index in [-0.39, 0.29) is 24.8 Å². The first-order valence-corrected chi connectivity index (χ1v) is 11.4. The largest absolute Gasteiger partial charge is 0.351 e. The van der Waals surface area contributed by atoms with E-state index in [4.69, 9.17) is 11.6 Å². The highest BCUT2D eigenvalue weighted by atomic mass is 35.5. The molecule has 1 aliphatic heterocycles. The molecule has 6 nitrogen and oxygen atoms in total. The van der Waals surface area contributed by atoms with Gasteiger partial charge in [0.1, 0.15) is 0 Å². The Hall–Kier alpha value is -2.74. The first kappa shape index (κ1) is 21.5. The predicted octanol–water partition coefficient (Wildman–Crippen LogP) is 4.11. The van der Waals surface area contributed by atoms with Gasteiger partial charge in [0.2, 0.25) is 5.91 Å². The molecule has 0 atom stereocenters. The quantitative estimate of drug-likeness (QED) is 0.563. The van der Waals surface area contributed by atoms with E-state index in [1.54, 1.807) is 24.3 Å². The van der Waals surface area contributed by atoms with Crippen LogP contribution in [0.1, 0.15) is 32.9 Å². The summed E-state index contributed by atoms with van der Waals surface area (Å²) in [5.74, 6) is -0.465. The van der Waals surface area contributed by atoms with Crippen LogP contribution in [0.4, 0.5) is 5.13 Å². The van der Waals surface area contributed by atoms with Gasteiger partial charge in [-0.15, -0.1) is 11.3 Å². The van der Waals surface area contributed by atoms with E-state index in [0.29, 0.717) is 15.7 Å². The van der Waals surface area contributed by atoms with Gasteiger partial charge in [0.15, 0.2) is 5.13 Å². The molecule has 2 heterocycles. The first-order chi connectivity index (χ1) is 15.1. The van der Waals surface area contributed by atoms with E-state index in [2.05, 4.69) is 44.8 Å². The van der Waals surface area contributed by atoms with Crippen LogP contribution in [0.2, 0.25) is 5.02 Å². The average Bonchev–Trinajstić information content (AvgIpc) is 3.16. The van der Waals surface area contributed by atoms with Crippen LogP contribution in [0.5, 0.6) is 0 Å². The molecule has 31 heavy (non-hydrogen) atoms. The zero-order valence-corrected chi connectivity index (χ0v) is 18.5. The molecule has 1 aromatic heterocycles. The maximum Gasteiger partial charge on any atom is 0.252 e. The van der Waals surface area contributed by atoms with Crippen molar-refractivity contribution in [1.29, 1.82) is 0 Å². The number of halogens is 1. The lowest BCUT2D eigenvalue weighted by Crippen LogP contribution is -2.29. The number of nitrogens with zero attached hydrogens (tertiary/aromatic N) is 2. The SMILES string of the molecule is O=C(CCNC(=O)c1ccccc1Cl)Nc1nc2c(s1)CN(Cc1ccccc1)CC2. The van der Waals surface area contributed by atoms with Gasteiger partial charge in [0.25, 0.3) is 5.91 Å². The molecule has 0 bridgehead atoms. The van der Waals surface area contributed by atoms with Crippen molar-refractivity contribution in [2.45, 2.75) is 25.9 Å². The molecule has 2 amide bonds. The van der Waals surface area contributed by atoms with Gasteiger partial charge in [0, 0.05) is 43.9 Å². The number of benzene rings is 2. The molecule has 2 N–H and O–H groups in total. The first-order valence-electron chi connectivity index (χ1n) is 10.2. The number of fused-ring (bicyclic) bond motifs is 1. The molecule has 0 unspecified atom stereocenters. The van der Waals surface area contributed by atoms with Crippen LogP contribution in [-0.4, -0.2) is 34.8 Å². The molecular weight excluding hydrogens is 432 g/mol. The number of hydrogen-bond donors (Lipinski definition) is 2. The number of carbonyl (C=O) groups is 2. The van der Waals surface area contributed by atoms with Crippen LogP contribution in [0.25, 0.3) is 0 Å². The molecule has 3 aromatic rings. The number of thiazole rings is 1. The lowest BCUT2D eigenvalue weighted by atomic mass is 10.1. The van der Waals surface area contributed by atoms with Crippen LogP contribution >= 0.6 is 22.9 Å². The summed E-state index contributed by atoms with van der Waals surface area (Å²) >= 11 is 7.55. The Labute approximate surface area is 190 Å². The van der Waals surface area contributed by atoms with Crippen molar-refractivity contribution < 1.29 is 9.59 Å². The van der Waals surface area contributed by atoms with Crippen LogP contribution in [0.15, 0.2) is 54.6 Å². The molecule has 0 spiro atoms. The Bertz CT molecular complexity index is 1070. The summed E-state index contributed by atoms with van der Waals surface area (Å²) < 4.78 is 0. The van der Waals surface area contributed by atoms with Crippen molar-refractivity contribution in [3.63, 3.8) is 0 Å². The van der Waals surface area contributed by atoms with Crippen LogP contribution in [0.3, 0.4) is 0 Å². The Morgan fingerprint density at radius 1 is 1.10 bits per heavy atom. The molecule has 2 aromatic carbocycles. The van der Waals surface area contributed by atoms with Gasteiger partial charge in [-0.3, -0.25) is 14.5 Å². The lowest BCUT2D eigenvalue weighted by Gasteiger charge is -2.25. The van der Waals surface area contributed by atoms with Gasteiger partial charge in [-0.05, 0) is 17.7 Å². The van der Waals surface area contributed by atoms with Crippen molar-refractivity contribution in [3.05, 3.63) is 81.3 Å². The Morgan fingerprint density at radius 3 is 2.68 bits per heavy atom. The van der Waals surface area contributed by atoms with Crippen molar-refractivity contribution in [2.75, 3.05) is 18.4 Å². The average molecular weight is 455 g/mol. The summed E-state index contributed by atoms with van der Waals surface area (Å²) in [5, 5.41) is 6.60. The number of amides is 2. The van der Waals surface area contributed by atoms with E-state index >= 15 is 0 Å². The van der Waals surface area contributed by atoms with Gasteiger partial charge < -0.3 is 10.6 Å². The highest BCUT2D eigenvalue weighted by molar-refractivity contribution is 7.15. The number of aromatic nitrogens is 1. The molecule has 160 valence electrons. The third-order valence-corrected chi connectivity index (χ3v) is 6.39. The van der Waals surface area contributed by atoms with Gasteiger partial charge in [-0.2, -0.15) is 0 Å². The lowest BCUT2D eigenvalue weighted by molar-refractivity contribution is -0.116. The molecule has 4 rings (SSSR count). The number of anilines is 1. The fraction of sp³-hybridized carbons (Fsp3) is 0.261. The number of nitrogens with one attached hydrogen (secondary N) is 2. The van der Waals surface area contributed by atoms with Crippen molar-refractivity contribution in [2.24, 2.45) is 0 Å². The molecule has 8 heteroatoms. The summed E-state index contributed by atoms with van der Waals surface area (Å²) in [5.41, 5.74) is 2.76.